The van der Waals surface area contributed by atoms with Gasteiger partial charge >= 0.3 is 0 Å². The second-order valence-corrected chi connectivity index (χ2v) is 6.28. The van der Waals surface area contributed by atoms with Crippen LogP contribution in [0.2, 0.25) is 0 Å². The van der Waals surface area contributed by atoms with Gasteiger partial charge < -0.3 is 10.1 Å². The Labute approximate surface area is 137 Å². The summed E-state index contributed by atoms with van der Waals surface area (Å²) in [6, 6.07) is 12.4. The van der Waals surface area contributed by atoms with Crippen LogP contribution in [0.15, 0.2) is 42.5 Å². The standard InChI is InChI=1S/C18H16FNO2S/c1-11-6-3-4-8-14(11)20-18(21)17-12(10-22-2)16-13(19)7-5-9-15(16)23-17/h3-9H,10H2,1-2H3,(H,20,21). The largest absolute Gasteiger partial charge is 0.380 e. The summed E-state index contributed by atoms with van der Waals surface area (Å²) in [5.41, 5.74) is 2.32. The van der Waals surface area contributed by atoms with Crippen molar-refractivity contribution in [2.45, 2.75) is 13.5 Å². The topological polar surface area (TPSA) is 38.3 Å². The molecule has 5 heteroatoms. The summed E-state index contributed by atoms with van der Waals surface area (Å²) in [6.45, 7) is 2.12. The van der Waals surface area contributed by atoms with Crippen LogP contribution in [-0.4, -0.2) is 13.0 Å². The zero-order chi connectivity index (χ0) is 16.4. The van der Waals surface area contributed by atoms with Crippen molar-refractivity contribution in [3.8, 4) is 0 Å². The van der Waals surface area contributed by atoms with Crippen LogP contribution in [0.3, 0.4) is 0 Å². The van der Waals surface area contributed by atoms with Gasteiger partial charge in [-0.2, -0.15) is 0 Å². The molecule has 3 nitrogen and oxygen atoms in total. The van der Waals surface area contributed by atoms with Crippen molar-refractivity contribution in [2.75, 3.05) is 12.4 Å². The highest BCUT2D eigenvalue weighted by Crippen LogP contribution is 2.34. The van der Waals surface area contributed by atoms with Crippen molar-refractivity contribution < 1.29 is 13.9 Å². The Balaban J connectivity index is 2.05. The summed E-state index contributed by atoms with van der Waals surface area (Å²) < 4.78 is 20.1. The molecule has 23 heavy (non-hydrogen) atoms. The Bertz CT molecular complexity index is 873. The van der Waals surface area contributed by atoms with Crippen molar-refractivity contribution >= 4 is 33.0 Å². The average Bonchev–Trinajstić information content (AvgIpc) is 2.90. The first kappa shape index (κ1) is 15.6. The molecule has 118 valence electrons. The number of ether oxygens (including phenoxy) is 1. The Morgan fingerprint density at radius 2 is 2.00 bits per heavy atom. The van der Waals surface area contributed by atoms with Crippen molar-refractivity contribution in [1.82, 2.24) is 0 Å². The van der Waals surface area contributed by atoms with E-state index in [0.29, 0.717) is 15.8 Å². The van der Waals surface area contributed by atoms with E-state index >= 15 is 0 Å². The molecule has 1 aromatic heterocycles. The number of anilines is 1. The number of carbonyl (C=O) groups excluding carboxylic acids is 1. The molecule has 0 saturated carbocycles. The number of carbonyl (C=O) groups is 1. The van der Waals surface area contributed by atoms with Crippen LogP contribution < -0.4 is 5.32 Å². The zero-order valence-electron chi connectivity index (χ0n) is 12.9. The third-order valence-corrected chi connectivity index (χ3v) is 4.85. The number of nitrogens with one attached hydrogen (secondary N) is 1. The Kier molecular flexibility index (Phi) is 4.41. The molecule has 0 spiro atoms. The molecule has 0 unspecified atom stereocenters. The fraction of sp³-hybridized carbons (Fsp3) is 0.167. The molecule has 2 aromatic carbocycles. The quantitative estimate of drug-likeness (QED) is 0.750. The highest BCUT2D eigenvalue weighted by atomic mass is 32.1. The Morgan fingerprint density at radius 3 is 2.74 bits per heavy atom. The van der Waals surface area contributed by atoms with Crippen LogP contribution >= 0.6 is 11.3 Å². The Hall–Kier alpha value is -2.24. The van der Waals surface area contributed by atoms with Gasteiger partial charge in [0, 0.05) is 28.4 Å². The number of thiophene rings is 1. The second-order valence-electron chi connectivity index (χ2n) is 5.22. The van der Waals surface area contributed by atoms with E-state index in [-0.39, 0.29) is 18.3 Å². The number of halogens is 1. The number of aryl methyl sites for hydroxylation is 1. The van der Waals surface area contributed by atoms with E-state index in [4.69, 9.17) is 4.74 Å². The van der Waals surface area contributed by atoms with E-state index in [0.717, 1.165) is 16.0 Å². The molecular formula is C18H16FNO2S. The predicted molar refractivity (Wildman–Crippen MR) is 91.6 cm³/mol. The van der Waals surface area contributed by atoms with E-state index in [9.17, 15) is 9.18 Å². The fourth-order valence-electron chi connectivity index (χ4n) is 2.53. The second kappa shape index (κ2) is 6.48. The number of benzene rings is 2. The van der Waals surface area contributed by atoms with Gasteiger partial charge in [0.15, 0.2) is 0 Å². The maximum Gasteiger partial charge on any atom is 0.266 e. The predicted octanol–water partition coefficient (Wildman–Crippen LogP) is 4.75. The molecule has 1 heterocycles. The number of hydrogen-bond donors (Lipinski definition) is 1. The minimum absolute atomic E-state index is 0.192. The smallest absolute Gasteiger partial charge is 0.266 e. The number of methoxy groups -OCH3 is 1. The van der Waals surface area contributed by atoms with E-state index in [1.54, 1.807) is 6.07 Å². The van der Waals surface area contributed by atoms with Gasteiger partial charge in [0.05, 0.1) is 11.5 Å². The van der Waals surface area contributed by atoms with E-state index in [1.807, 2.05) is 37.3 Å². The molecule has 1 amide bonds. The molecule has 0 fully saturated rings. The van der Waals surface area contributed by atoms with Crippen LogP contribution in [0.5, 0.6) is 0 Å². The summed E-state index contributed by atoms with van der Waals surface area (Å²) in [7, 11) is 1.54. The third-order valence-electron chi connectivity index (χ3n) is 3.65. The molecular weight excluding hydrogens is 313 g/mol. The van der Waals surface area contributed by atoms with Gasteiger partial charge in [0.25, 0.3) is 5.91 Å². The molecule has 0 atom stereocenters. The maximum atomic E-state index is 14.2. The van der Waals surface area contributed by atoms with E-state index in [2.05, 4.69) is 5.32 Å². The molecule has 0 aliphatic carbocycles. The molecule has 0 bridgehead atoms. The van der Waals surface area contributed by atoms with Gasteiger partial charge in [0.1, 0.15) is 5.82 Å². The van der Waals surface area contributed by atoms with Gasteiger partial charge in [-0.15, -0.1) is 11.3 Å². The molecule has 0 aliphatic heterocycles. The van der Waals surface area contributed by atoms with Crippen LogP contribution in [0, 0.1) is 12.7 Å². The van der Waals surface area contributed by atoms with Crippen molar-refractivity contribution in [3.63, 3.8) is 0 Å². The Morgan fingerprint density at radius 1 is 1.22 bits per heavy atom. The van der Waals surface area contributed by atoms with Gasteiger partial charge in [-0.1, -0.05) is 24.3 Å². The lowest BCUT2D eigenvalue weighted by Crippen LogP contribution is -2.13. The van der Waals surface area contributed by atoms with Crippen LogP contribution in [0.1, 0.15) is 20.8 Å². The summed E-state index contributed by atoms with van der Waals surface area (Å²) in [4.78, 5) is 13.1. The number of para-hydroxylation sites is 1. The number of hydrogen-bond acceptors (Lipinski definition) is 3. The highest BCUT2D eigenvalue weighted by molar-refractivity contribution is 7.21. The lowest BCUT2D eigenvalue weighted by molar-refractivity contribution is 0.102. The van der Waals surface area contributed by atoms with Crippen molar-refractivity contribution in [3.05, 3.63) is 64.3 Å². The fourth-order valence-corrected chi connectivity index (χ4v) is 3.64. The van der Waals surface area contributed by atoms with Crippen molar-refractivity contribution in [2.24, 2.45) is 0 Å². The molecule has 0 aliphatic rings. The third kappa shape index (κ3) is 2.98. The average molecular weight is 329 g/mol. The van der Waals surface area contributed by atoms with Gasteiger partial charge in [0.2, 0.25) is 0 Å². The minimum Gasteiger partial charge on any atom is -0.380 e. The maximum absolute atomic E-state index is 14.2. The number of fused-ring (bicyclic) bond motifs is 1. The molecule has 3 rings (SSSR count). The van der Waals surface area contributed by atoms with E-state index in [1.165, 1.54) is 24.5 Å². The van der Waals surface area contributed by atoms with Crippen molar-refractivity contribution in [1.29, 1.82) is 0 Å². The first-order chi connectivity index (χ1) is 11.1. The number of rotatable bonds is 4. The van der Waals surface area contributed by atoms with Crippen LogP contribution in [0.4, 0.5) is 10.1 Å². The van der Waals surface area contributed by atoms with Crippen LogP contribution in [0.25, 0.3) is 10.1 Å². The van der Waals surface area contributed by atoms with Gasteiger partial charge in [-0.3, -0.25) is 4.79 Å². The van der Waals surface area contributed by atoms with Gasteiger partial charge in [-0.25, -0.2) is 4.39 Å². The summed E-state index contributed by atoms with van der Waals surface area (Å²) in [6.07, 6.45) is 0. The molecule has 0 radical (unpaired) electrons. The highest BCUT2D eigenvalue weighted by Gasteiger charge is 2.21. The summed E-state index contributed by atoms with van der Waals surface area (Å²) in [5.74, 6) is -0.576. The lowest BCUT2D eigenvalue weighted by Gasteiger charge is -2.08. The summed E-state index contributed by atoms with van der Waals surface area (Å²) >= 11 is 1.28. The normalized spacial score (nSPS) is 10.9. The van der Waals surface area contributed by atoms with E-state index < -0.39 is 0 Å². The minimum atomic E-state index is -0.333. The summed E-state index contributed by atoms with van der Waals surface area (Å²) in [5, 5.41) is 3.37. The molecule has 1 N–H and O–H groups in total. The monoisotopic (exact) mass is 329 g/mol. The van der Waals surface area contributed by atoms with Gasteiger partial charge in [-0.05, 0) is 30.7 Å². The number of amides is 1. The first-order valence-corrected chi connectivity index (χ1v) is 7.99. The zero-order valence-corrected chi connectivity index (χ0v) is 13.7. The molecule has 0 saturated heterocycles. The lowest BCUT2D eigenvalue weighted by atomic mass is 10.1. The first-order valence-electron chi connectivity index (χ1n) is 7.17. The van der Waals surface area contributed by atoms with Crippen LogP contribution in [-0.2, 0) is 11.3 Å². The molecule has 3 aromatic rings. The SMILES string of the molecule is COCc1c(C(=O)Nc2ccccc2C)sc2cccc(F)c12.